The summed E-state index contributed by atoms with van der Waals surface area (Å²) in [5.41, 5.74) is 7.71. The third-order valence-corrected chi connectivity index (χ3v) is 4.01. The number of nitrogen functional groups attached to an aromatic ring is 1. The van der Waals surface area contributed by atoms with Crippen LogP contribution in [0, 0.1) is 6.92 Å². The van der Waals surface area contributed by atoms with E-state index in [9.17, 15) is 0 Å². The van der Waals surface area contributed by atoms with Gasteiger partial charge in [0.2, 0.25) is 0 Å². The normalized spacial score (nSPS) is 20.4. The van der Waals surface area contributed by atoms with Gasteiger partial charge in [0.15, 0.2) is 0 Å². The standard InChI is InChI=1S/C15H26N4/c1-12-11-18-15(10-14(12)16)17-7-5-9-19-8-4-3-6-13(19)2/h10-11,13H,3-9H2,1-2H3,(H3,16,17,18). The van der Waals surface area contributed by atoms with Crippen LogP contribution in [-0.2, 0) is 0 Å². The summed E-state index contributed by atoms with van der Waals surface area (Å²) in [5.74, 6) is 0.884. The highest BCUT2D eigenvalue weighted by molar-refractivity contribution is 5.53. The first-order chi connectivity index (χ1) is 9.16. The molecule has 4 nitrogen and oxygen atoms in total. The van der Waals surface area contributed by atoms with E-state index in [2.05, 4.69) is 22.1 Å². The maximum atomic E-state index is 5.87. The summed E-state index contributed by atoms with van der Waals surface area (Å²) in [5, 5.41) is 3.35. The number of rotatable bonds is 5. The average Bonchev–Trinajstić information content (AvgIpc) is 2.40. The molecule has 1 aliphatic heterocycles. The van der Waals surface area contributed by atoms with Crippen molar-refractivity contribution in [2.24, 2.45) is 0 Å². The molecule has 0 spiro atoms. The van der Waals surface area contributed by atoms with Gasteiger partial charge >= 0.3 is 0 Å². The van der Waals surface area contributed by atoms with E-state index in [0.717, 1.165) is 36.1 Å². The maximum absolute atomic E-state index is 5.87. The van der Waals surface area contributed by atoms with Crippen LogP contribution >= 0.6 is 0 Å². The van der Waals surface area contributed by atoms with Gasteiger partial charge in [0.25, 0.3) is 0 Å². The Bertz CT molecular complexity index is 405. The fraction of sp³-hybridized carbons (Fsp3) is 0.667. The third-order valence-electron chi connectivity index (χ3n) is 4.01. The summed E-state index contributed by atoms with van der Waals surface area (Å²) in [6.07, 6.45) is 7.07. The average molecular weight is 262 g/mol. The van der Waals surface area contributed by atoms with Gasteiger partial charge in [0.1, 0.15) is 5.82 Å². The summed E-state index contributed by atoms with van der Waals surface area (Å²) < 4.78 is 0. The minimum atomic E-state index is 0.752. The number of nitrogens with two attached hydrogens (primary N) is 1. The number of pyridine rings is 1. The van der Waals surface area contributed by atoms with Crippen LogP contribution in [0.15, 0.2) is 12.3 Å². The molecule has 1 aromatic rings. The Morgan fingerprint density at radius 3 is 3.05 bits per heavy atom. The van der Waals surface area contributed by atoms with Gasteiger partial charge in [-0.1, -0.05) is 6.42 Å². The zero-order valence-corrected chi connectivity index (χ0v) is 12.2. The lowest BCUT2D eigenvalue weighted by atomic mass is 10.0. The SMILES string of the molecule is Cc1cnc(NCCCN2CCCCC2C)cc1N. The van der Waals surface area contributed by atoms with E-state index in [1.165, 1.54) is 32.4 Å². The highest BCUT2D eigenvalue weighted by Crippen LogP contribution is 2.17. The van der Waals surface area contributed by atoms with Gasteiger partial charge in [-0.3, -0.25) is 0 Å². The van der Waals surface area contributed by atoms with E-state index in [0.29, 0.717) is 0 Å². The molecular formula is C15H26N4. The van der Waals surface area contributed by atoms with Gasteiger partial charge < -0.3 is 16.0 Å². The zero-order chi connectivity index (χ0) is 13.7. The Balaban J connectivity index is 1.70. The molecule has 3 N–H and O–H groups in total. The second-order valence-corrected chi connectivity index (χ2v) is 5.59. The molecule has 1 atom stereocenters. The van der Waals surface area contributed by atoms with Crippen molar-refractivity contribution >= 4 is 11.5 Å². The van der Waals surface area contributed by atoms with Crippen molar-refractivity contribution in [3.05, 3.63) is 17.8 Å². The van der Waals surface area contributed by atoms with Crippen molar-refractivity contribution in [3.8, 4) is 0 Å². The lowest BCUT2D eigenvalue weighted by Gasteiger charge is -2.33. The van der Waals surface area contributed by atoms with Gasteiger partial charge in [-0.15, -0.1) is 0 Å². The topological polar surface area (TPSA) is 54.2 Å². The van der Waals surface area contributed by atoms with E-state index in [4.69, 9.17) is 5.73 Å². The second kappa shape index (κ2) is 6.75. The summed E-state index contributed by atoms with van der Waals surface area (Å²) in [6.45, 7) is 7.71. The van der Waals surface area contributed by atoms with Crippen LogP contribution in [-0.4, -0.2) is 35.6 Å². The Morgan fingerprint density at radius 1 is 1.47 bits per heavy atom. The first kappa shape index (κ1) is 14.1. The molecule has 1 aliphatic rings. The molecular weight excluding hydrogens is 236 g/mol. The van der Waals surface area contributed by atoms with Crippen LogP contribution in [0.5, 0.6) is 0 Å². The lowest BCUT2D eigenvalue weighted by Crippen LogP contribution is -2.38. The van der Waals surface area contributed by atoms with Crippen molar-refractivity contribution in [3.63, 3.8) is 0 Å². The monoisotopic (exact) mass is 262 g/mol. The van der Waals surface area contributed by atoms with Crippen LogP contribution in [0.4, 0.5) is 11.5 Å². The summed E-state index contributed by atoms with van der Waals surface area (Å²) in [4.78, 5) is 6.93. The Kier molecular flexibility index (Phi) is 5.02. The number of nitrogens with zero attached hydrogens (tertiary/aromatic N) is 2. The molecule has 1 fully saturated rings. The Morgan fingerprint density at radius 2 is 2.32 bits per heavy atom. The van der Waals surface area contributed by atoms with Gasteiger partial charge in [-0.25, -0.2) is 4.98 Å². The van der Waals surface area contributed by atoms with Gasteiger partial charge in [0, 0.05) is 37.1 Å². The largest absolute Gasteiger partial charge is 0.398 e. The molecule has 0 amide bonds. The fourth-order valence-corrected chi connectivity index (χ4v) is 2.62. The number of hydrogen-bond acceptors (Lipinski definition) is 4. The molecule has 2 heterocycles. The van der Waals surface area contributed by atoms with E-state index in [-0.39, 0.29) is 0 Å². The third kappa shape index (κ3) is 4.10. The number of likely N-dealkylation sites (tertiary alicyclic amines) is 1. The van der Waals surface area contributed by atoms with E-state index in [1.807, 2.05) is 19.2 Å². The Hall–Kier alpha value is -1.29. The van der Waals surface area contributed by atoms with Crippen molar-refractivity contribution < 1.29 is 0 Å². The quantitative estimate of drug-likeness (QED) is 0.801. The van der Waals surface area contributed by atoms with Crippen LogP contribution < -0.4 is 11.1 Å². The van der Waals surface area contributed by atoms with Gasteiger partial charge in [-0.05, 0) is 45.2 Å². The van der Waals surface area contributed by atoms with Crippen molar-refractivity contribution in [2.45, 2.75) is 45.6 Å². The molecule has 0 radical (unpaired) electrons. The molecule has 0 saturated carbocycles. The molecule has 0 bridgehead atoms. The predicted molar refractivity (Wildman–Crippen MR) is 81.4 cm³/mol. The van der Waals surface area contributed by atoms with Crippen LogP contribution in [0.25, 0.3) is 0 Å². The highest BCUT2D eigenvalue weighted by atomic mass is 15.2. The van der Waals surface area contributed by atoms with E-state index in [1.54, 1.807) is 0 Å². The molecule has 1 saturated heterocycles. The van der Waals surface area contributed by atoms with Gasteiger partial charge in [0.05, 0.1) is 0 Å². The van der Waals surface area contributed by atoms with Crippen molar-refractivity contribution in [1.29, 1.82) is 0 Å². The Labute approximate surface area is 116 Å². The lowest BCUT2D eigenvalue weighted by molar-refractivity contribution is 0.160. The first-order valence-corrected chi connectivity index (χ1v) is 7.37. The van der Waals surface area contributed by atoms with Crippen LogP contribution in [0.1, 0.15) is 38.2 Å². The minimum absolute atomic E-state index is 0.752. The molecule has 4 heteroatoms. The second-order valence-electron chi connectivity index (χ2n) is 5.59. The summed E-state index contributed by atoms with van der Waals surface area (Å²) >= 11 is 0. The van der Waals surface area contributed by atoms with Crippen molar-refractivity contribution in [2.75, 3.05) is 30.7 Å². The van der Waals surface area contributed by atoms with Crippen LogP contribution in [0.2, 0.25) is 0 Å². The number of nitrogens with one attached hydrogen (secondary N) is 1. The van der Waals surface area contributed by atoms with Crippen molar-refractivity contribution in [1.82, 2.24) is 9.88 Å². The molecule has 106 valence electrons. The highest BCUT2D eigenvalue weighted by Gasteiger charge is 2.16. The number of aromatic nitrogens is 1. The molecule has 1 aromatic heterocycles. The minimum Gasteiger partial charge on any atom is -0.398 e. The first-order valence-electron chi connectivity index (χ1n) is 7.37. The molecule has 2 rings (SSSR count). The number of aryl methyl sites for hydroxylation is 1. The molecule has 19 heavy (non-hydrogen) atoms. The van der Waals surface area contributed by atoms with Crippen LogP contribution in [0.3, 0.4) is 0 Å². The predicted octanol–water partition coefficient (Wildman–Crippen LogP) is 2.65. The zero-order valence-electron chi connectivity index (χ0n) is 12.2. The molecule has 0 aromatic carbocycles. The number of hydrogen-bond donors (Lipinski definition) is 2. The summed E-state index contributed by atoms with van der Waals surface area (Å²) in [7, 11) is 0. The van der Waals surface area contributed by atoms with E-state index >= 15 is 0 Å². The number of piperidine rings is 1. The molecule has 1 unspecified atom stereocenters. The van der Waals surface area contributed by atoms with Gasteiger partial charge in [-0.2, -0.15) is 0 Å². The fourth-order valence-electron chi connectivity index (χ4n) is 2.62. The number of anilines is 2. The van der Waals surface area contributed by atoms with E-state index < -0.39 is 0 Å². The summed E-state index contributed by atoms with van der Waals surface area (Å²) in [6, 6.07) is 2.67. The maximum Gasteiger partial charge on any atom is 0.127 e. The smallest absolute Gasteiger partial charge is 0.127 e. The molecule has 0 aliphatic carbocycles.